The van der Waals surface area contributed by atoms with Gasteiger partial charge in [-0.25, -0.2) is 21.8 Å². The van der Waals surface area contributed by atoms with Gasteiger partial charge in [-0.3, -0.25) is 0 Å². The molecule has 2 aliphatic heterocycles. The largest absolute Gasteiger partial charge is 0.353 e. The summed E-state index contributed by atoms with van der Waals surface area (Å²) in [5.74, 6) is 1.84. The molecule has 140 valence electrons. The number of aromatic nitrogens is 2. The molecule has 1 aromatic heterocycles. The number of rotatable bonds is 5. The molecular weight excluding hydrogens is 364 g/mol. The summed E-state index contributed by atoms with van der Waals surface area (Å²) in [4.78, 5) is 12.7. The van der Waals surface area contributed by atoms with Crippen molar-refractivity contribution in [2.24, 2.45) is 0 Å². The minimum Gasteiger partial charge on any atom is -0.353 e. The van der Waals surface area contributed by atoms with Crippen molar-refractivity contribution in [2.75, 3.05) is 46.4 Å². The number of sulfone groups is 2. The van der Waals surface area contributed by atoms with Gasteiger partial charge in [0.05, 0.1) is 23.0 Å². The van der Waals surface area contributed by atoms with E-state index < -0.39 is 19.7 Å². The van der Waals surface area contributed by atoms with Crippen LogP contribution >= 0.6 is 0 Å². The molecule has 2 aliphatic rings. The molecule has 0 bridgehead atoms. The first-order chi connectivity index (χ1) is 11.7. The van der Waals surface area contributed by atoms with E-state index in [4.69, 9.17) is 0 Å². The van der Waals surface area contributed by atoms with E-state index in [1.165, 1.54) is 0 Å². The first-order valence-corrected chi connectivity index (χ1v) is 12.1. The van der Waals surface area contributed by atoms with Gasteiger partial charge in [0.15, 0.2) is 19.7 Å². The Labute approximate surface area is 149 Å². The monoisotopic (exact) mass is 388 g/mol. The molecule has 2 fully saturated rings. The summed E-state index contributed by atoms with van der Waals surface area (Å²) < 4.78 is 47.0. The molecule has 25 heavy (non-hydrogen) atoms. The summed E-state index contributed by atoms with van der Waals surface area (Å²) in [6, 6.07) is 1.58. The van der Waals surface area contributed by atoms with E-state index in [2.05, 4.69) is 9.97 Å². The summed E-state index contributed by atoms with van der Waals surface area (Å²) in [5, 5.41) is 0. The van der Waals surface area contributed by atoms with E-state index in [0.29, 0.717) is 31.2 Å². The molecule has 0 radical (unpaired) electrons. The van der Waals surface area contributed by atoms with Crippen molar-refractivity contribution >= 4 is 31.4 Å². The Balaban J connectivity index is 1.81. The topological polar surface area (TPSA) is 101 Å². The first-order valence-electron chi connectivity index (χ1n) is 8.44. The van der Waals surface area contributed by atoms with E-state index in [1.807, 2.05) is 16.7 Å². The highest BCUT2D eigenvalue weighted by Gasteiger charge is 2.34. The highest BCUT2D eigenvalue weighted by Crippen LogP contribution is 2.25. The SMILES string of the molecule is CCN(c1ccnc(N(C)C2CCS(=O)(=O)C2)n1)C1CCS(=O)(=O)C1. The summed E-state index contributed by atoms with van der Waals surface area (Å²) in [6.07, 6.45) is 2.82. The molecule has 3 heterocycles. The van der Waals surface area contributed by atoms with Crippen LogP contribution in [0.4, 0.5) is 11.8 Å². The fourth-order valence-electron chi connectivity index (χ4n) is 3.54. The van der Waals surface area contributed by atoms with Crippen molar-refractivity contribution in [1.29, 1.82) is 0 Å². The molecule has 0 spiro atoms. The lowest BCUT2D eigenvalue weighted by atomic mass is 10.2. The van der Waals surface area contributed by atoms with Crippen LogP contribution in [0.5, 0.6) is 0 Å². The fourth-order valence-corrected chi connectivity index (χ4v) is 7.05. The van der Waals surface area contributed by atoms with Crippen LogP contribution < -0.4 is 9.80 Å². The second-order valence-corrected chi connectivity index (χ2v) is 11.2. The van der Waals surface area contributed by atoms with Crippen LogP contribution in [0.2, 0.25) is 0 Å². The van der Waals surface area contributed by atoms with Gasteiger partial charge < -0.3 is 9.80 Å². The minimum atomic E-state index is -2.98. The van der Waals surface area contributed by atoms with E-state index >= 15 is 0 Å². The van der Waals surface area contributed by atoms with Crippen molar-refractivity contribution in [3.63, 3.8) is 0 Å². The summed E-state index contributed by atoms with van der Waals surface area (Å²) >= 11 is 0. The molecule has 0 aliphatic carbocycles. The van der Waals surface area contributed by atoms with E-state index in [9.17, 15) is 16.8 Å². The molecule has 3 rings (SSSR count). The van der Waals surface area contributed by atoms with Gasteiger partial charge >= 0.3 is 0 Å². The van der Waals surface area contributed by atoms with Crippen LogP contribution in [0.15, 0.2) is 12.3 Å². The zero-order valence-corrected chi connectivity index (χ0v) is 16.1. The number of nitrogens with zero attached hydrogens (tertiary/aromatic N) is 4. The van der Waals surface area contributed by atoms with Crippen LogP contribution in [0, 0.1) is 0 Å². The van der Waals surface area contributed by atoms with Crippen molar-refractivity contribution in [2.45, 2.75) is 31.8 Å². The van der Waals surface area contributed by atoms with Gasteiger partial charge in [0.1, 0.15) is 5.82 Å². The Morgan fingerprint density at radius 3 is 2.20 bits per heavy atom. The van der Waals surface area contributed by atoms with Gasteiger partial charge in [-0.2, -0.15) is 4.98 Å². The van der Waals surface area contributed by atoms with Gasteiger partial charge in [0.25, 0.3) is 0 Å². The van der Waals surface area contributed by atoms with Crippen molar-refractivity contribution in [1.82, 2.24) is 9.97 Å². The first kappa shape index (κ1) is 18.4. The Bertz CT molecular complexity index is 841. The maximum absolute atomic E-state index is 11.8. The second kappa shape index (κ2) is 6.71. The number of anilines is 2. The van der Waals surface area contributed by atoms with E-state index in [0.717, 1.165) is 0 Å². The third-order valence-corrected chi connectivity index (χ3v) is 8.48. The van der Waals surface area contributed by atoms with E-state index in [-0.39, 0.29) is 35.1 Å². The Kier molecular flexibility index (Phi) is 4.93. The molecular formula is C15H24N4O4S2. The van der Waals surface area contributed by atoms with Gasteiger partial charge in [-0.15, -0.1) is 0 Å². The van der Waals surface area contributed by atoms with Crippen molar-refractivity contribution in [3.8, 4) is 0 Å². The fraction of sp³-hybridized carbons (Fsp3) is 0.733. The summed E-state index contributed by atoms with van der Waals surface area (Å²) in [7, 11) is -4.15. The zero-order valence-electron chi connectivity index (χ0n) is 14.5. The molecule has 2 saturated heterocycles. The summed E-state index contributed by atoms with van der Waals surface area (Å²) in [5.41, 5.74) is 0. The van der Waals surface area contributed by atoms with Crippen LogP contribution in [0.3, 0.4) is 0 Å². The molecule has 8 nitrogen and oxygen atoms in total. The van der Waals surface area contributed by atoms with Gasteiger partial charge in [-0.05, 0) is 25.8 Å². The number of hydrogen-bond acceptors (Lipinski definition) is 8. The molecule has 2 atom stereocenters. The molecule has 0 N–H and O–H groups in total. The molecule has 10 heteroatoms. The van der Waals surface area contributed by atoms with Crippen LogP contribution in [0.25, 0.3) is 0 Å². The lowest BCUT2D eigenvalue weighted by Crippen LogP contribution is -2.38. The Hall–Kier alpha value is -1.42. The minimum absolute atomic E-state index is 0.0742. The predicted octanol–water partition coefficient (Wildman–Crippen LogP) is 0.113. The maximum Gasteiger partial charge on any atom is 0.227 e. The molecule has 2 unspecified atom stereocenters. The average Bonchev–Trinajstić information content (AvgIpc) is 3.09. The van der Waals surface area contributed by atoms with Crippen molar-refractivity contribution in [3.05, 3.63) is 12.3 Å². The molecule has 0 saturated carbocycles. The predicted molar refractivity (Wildman–Crippen MR) is 97.6 cm³/mol. The van der Waals surface area contributed by atoms with Crippen LogP contribution in [-0.2, 0) is 19.7 Å². The second-order valence-electron chi connectivity index (χ2n) is 6.73. The van der Waals surface area contributed by atoms with Gasteiger partial charge in [0.2, 0.25) is 5.95 Å². The molecule has 0 amide bonds. The third-order valence-electron chi connectivity index (χ3n) is 4.98. The maximum atomic E-state index is 11.8. The van der Waals surface area contributed by atoms with Crippen LogP contribution in [-0.4, -0.2) is 75.5 Å². The van der Waals surface area contributed by atoms with Gasteiger partial charge in [-0.1, -0.05) is 0 Å². The lowest BCUT2D eigenvalue weighted by molar-refractivity contribution is 0.598. The Morgan fingerprint density at radius 1 is 1.08 bits per heavy atom. The molecule has 1 aromatic rings. The highest BCUT2D eigenvalue weighted by atomic mass is 32.2. The van der Waals surface area contributed by atoms with E-state index in [1.54, 1.807) is 19.3 Å². The average molecular weight is 389 g/mol. The standard InChI is InChI=1S/C15H24N4O4S2/c1-3-19(13-6-9-25(22,23)11-13)14-4-7-16-15(17-14)18(2)12-5-8-24(20,21)10-12/h4,7,12-13H,3,5-6,8-11H2,1-2H3. The number of hydrogen-bond donors (Lipinski definition) is 0. The van der Waals surface area contributed by atoms with Crippen molar-refractivity contribution < 1.29 is 16.8 Å². The zero-order chi connectivity index (χ0) is 18.2. The van der Waals surface area contributed by atoms with Gasteiger partial charge in [0, 0.05) is 31.9 Å². The van der Waals surface area contributed by atoms with Crippen LogP contribution in [0.1, 0.15) is 19.8 Å². The Morgan fingerprint density at radius 2 is 1.68 bits per heavy atom. The smallest absolute Gasteiger partial charge is 0.227 e. The molecule has 0 aromatic carbocycles. The quantitative estimate of drug-likeness (QED) is 0.701. The highest BCUT2D eigenvalue weighted by molar-refractivity contribution is 7.91. The summed E-state index contributed by atoms with van der Waals surface area (Å²) in [6.45, 7) is 2.62. The normalized spacial score (nSPS) is 27.3. The lowest BCUT2D eigenvalue weighted by Gasteiger charge is -2.29. The third kappa shape index (κ3) is 4.05.